The van der Waals surface area contributed by atoms with Gasteiger partial charge in [-0.2, -0.15) is 4.72 Å². The van der Waals surface area contributed by atoms with E-state index in [0.29, 0.717) is 11.4 Å². The normalized spacial score (nSPS) is 13.0. The van der Waals surface area contributed by atoms with Crippen molar-refractivity contribution in [1.82, 2.24) is 9.71 Å². The van der Waals surface area contributed by atoms with Crippen molar-refractivity contribution in [2.45, 2.75) is 30.0 Å². The first-order valence-electron chi connectivity index (χ1n) is 6.66. The number of thiazole rings is 1. The van der Waals surface area contributed by atoms with E-state index in [9.17, 15) is 18.3 Å². The zero-order valence-corrected chi connectivity index (χ0v) is 13.5. The van der Waals surface area contributed by atoms with Gasteiger partial charge in [-0.15, -0.1) is 11.3 Å². The minimum Gasteiger partial charge on any atom is -0.480 e. The topological polar surface area (TPSA) is 96.4 Å². The standard InChI is InChI=1S/C14H16N2O4S2/c1-2-12-15-9-13(21-12)22(19,20)16-11(14(17)18)8-10-6-4-3-5-7-10/h3-7,9,11,16H,2,8H2,1H3,(H,17,18)/t11-/m0/s1. The molecule has 0 bridgehead atoms. The Morgan fingerprint density at radius 3 is 2.59 bits per heavy atom. The third kappa shape index (κ3) is 4.12. The summed E-state index contributed by atoms with van der Waals surface area (Å²) in [5.74, 6) is -1.22. The van der Waals surface area contributed by atoms with Crippen molar-refractivity contribution in [2.24, 2.45) is 0 Å². The van der Waals surface area contributed by atoms with Crippen LogP contribution in [-0.4, -0.2) is 30.5 Å². The van der Waals surface area contributed by atoms with Gasteiger partial charge in [0, 0.05) is 0 Å². The van der Waals surface area contributed by atoms with E-state index < -0.39 is 22.0 Å². The maximum atomic E-state index is 12.3. The lowest BCUT2D eigenvalue weighted by Gasteiger charge is -2.13. The van der Waals surface area contributed by atoms with E-state index in [-0.39, 0.29) is 10.6 Å². The Kier molecular flexibility index (Phi) is 5.28. The number of carboxylic acids is 1. The van der Waals surface area contributed by atoms with Crippen LogP contribution in [0, 0.1) is 0 Å². The third-order valence-corrected chi connectivity index (χ3v) is 6.05. The Hall–Kier alpha value is -1.77. The molecule has 0 aliphatic carbocycles. The van der Waals surface area contributed by atoms with E-state index in [4.69, 9.17) is 0 Å². The first-order chi connectivity index (χ1) is 10.4. The van der Waals surface area contributed by atoms with Crippen LogP contribution in [0.4, 0.5) is 0 Å². The Labute approximate surface area is 132 Å². The molecule has 0 unspecified atom stereocenters. The summed E-state index contributed by atoms with van der Waals surface area (Å²) in [6.45, 7) is 1.87. The lowest BCUT2D eigenvalue weighted by molar-refractivity contribution is -0.138. The van der Waals surface area contributed by atoms with Crippen LogP contribution in [0.3, 0.4) is 0 Å². The number of aromatic nitrogens is 1. The molecule has 0 saturated heterocycles. The minimum absolute atomic E-state index is 0.0312. The summed E-state index contributed by atoms with van der Waals surface area (Å²) in [5, 5.41) is 9.95. The SMILES string of the molecule is CCc1ncc(S(=O)(=O)N[C@@H](Cc2ccccc2)C(=O)O)s1. The first-order valence-corrected chi connectivity index (χ1v) is 8.96. The highest BCUT2D eigenvalue weighted by atomic mass is 32.2. The molecule has 1 aromatic heterocycles. The van der Waals surface area contributed by atoms with Crippen molar-refractivity contribution < 1.29 is 18.3 Å². The molecule has 1 aromatic carbocycles. The summed E-state index contributed by atoms with van der Waals surface area (Å²) in [6, 6.07) is 7.66. The van der Waals surface area contributed by atoms with Crippen molar-refractivity contribution in [3.8, 4) is 0 Å². The summed E-state index contributed by atoms with van der Waals surface area (Å²) in [5.41, 5.74) is 0.746. The zero-order valence-electron chi connectivity index (χ0n) is 11.9. The van der Waals surface area contributed by atoms with Crippen LogP contribution in [0.2, 0.25) is 0 Å². The number of hydrogen-bond acceptors (Lipinski definition) is 5. The second-order valence-corrected chi connectivity index (χ2v) is 7.68. The van der Waals surface area contributed by atoms with Crippen molar-refractivity contribution in [3.05, 3.63) is 47.1 Å². The van der Waals surface area contributed by atoms with Crippen molar-refractivity contribution in [3.63, 3.8) is 0 Å². The molecular formula is C14H16N2O4S2. The molecular weight excluding hydrogens is 324 g/mol. The van der Waals surface area contributed by atoms with E-state index in [1.165, 1.54) is 6.20 Å². The molecule has 0 saturated carbocycles. The largest absolute Gasteiger partial charge is 0.480 e. The van der Waals surface area contributed by atoms with Gasteiger partial charge < -0.3 is 5.11 Å². The number of rotatable bonds is 7. The van der Waals surface area contributed by atoms with Gasteiger partial charge in [-0.25, -0.2) is 13.4 Å². The van der Waals surface area contributed by atoms with Crippen LogP contribution in [-0.2, 0) is 27.7 Å². The van der Waals surface area contributed by atoms with Gasteiger partial charge >= 0.3 is 5.97 Å². The van der Waals surface area contributed by atoms with Crippen LogP contribution in [0.1, 0.15) is 17.5 Å². The van der Waals surface area contributed by atoms with E-state index in [1.807, 2.05) is 13.0 Å². The summed E-state index contributed by atoms with van der Waals surface area (Å²) in [4.78, 5) is 15.3. The maximum Gasteiger partial charge on any atom is 0.322 e. The fourth-order valence-electron chi connectivity index (χ4n) is 1.86. The lowest BCUT2D eigenvalue weighted by Crippen LogP contribution is -2.42. The van der Waals surface area contributed by atoms with Crippen molar-refractivity contribution in [1.29, 1.82) is 0 Å². The molecule has 6 nitrogen and oxygen atoms in total. The average Bonchev–Trinajstić information content (AvgIpc) is 2.97. The molecule has 0 amide bonds. The maximum absolute atomic E-state index is 12.3. The average molecular weight is 340 g/mol. The quantitative estimate of drug-likeness (QED) is 0.799. The molecule has 0 spiro atoms. The molecule has 1 heterocycles. The van der Waals surface area contributed by atoms with Gasteiger partial charge in [0.2, 0.25) is 0 Å². The van der Waals surface area contributed by atoms with Gasteiger partial charge in [-0.05, 0) is 18.4 Å². The van der Waals surface area contributed by atoms with Gasteiger partial charge in [-0.3, -0.25) is 4.79 Å². The fraction of sp³-hybridized carbons (Fsp3) is 0.286. The molecule has 2 aromatic rings. The van der Waals surface area contributed by atoms with Crippen molar-refractivity contribution >= 4 is 27.3 Å². The Balaban J connectivity index is 2.18. The van der Waals surface area contributed by atoms with E-state index in [1.54, 1.807) is 24.3 Å². The number of nitrogens with one attached hydrogen (secondary N) is 1. The zero-order chi connectivity index (χ0) is 16.2. The Morgan fingerprint density at radius 1 is 1.36 bits per heavy atom. The Bertz CT molecular complexity index is 741. The lowest BCUT2D eigenvalue weighted by atomic mass is 10.1. The molecule has 118 valence electrons. The van der Waals surface area contributed by atoms with Crippen LogP contribution < -0.4 is 4.72 Å². The summed E-state index contributed by atoms with van der Waals surface area (Å²) in [6.07, 6.45) is 1.97. The van der Waals surface area contributed by atoms with Crippen LogP contribution in [0.5, 0.6) is 0 Å². The van der Waals surface area contributed by atoms with Gasteiger partial charge in [0.1, 0.15) is 6.04 Å². The highest BCUT2D eigenvalue weighted by Gasteiger charge is 2.27. The number of sulfonamides is 1. The highest BCUT2D eigenvalue weighted by Crippen LogP contribution is 2.19. The van der Waals surface area contributed by atoms with Crippen LogP contribution >= 0.6 is 11.3 Å². The van der Waals surface area contributed by atoms with E-state index >= 15 is 0 Å². The van der Waals surface area contributed by atoms with Gasteiger partial charge in [0.15, 0.2) is 4.21 Å². The number of aryl methyl sites for hydroxylation is 1. The molecule has 2 N–H and O–H groups in total. The van der Waals surface area contributed by atoms with Gasteiger partial charge in [0.25, 0.3) is 10.0 Å². The summed E-state index contributed by atoms with van der Waals surface area (Å²) >= 11 is 1.05. The predicted molar refractivity (Wildman–Crippen MR) is 83.4 cm³/mol. The number of hydrogen-bond donors (Lipinski definition) is 2. The molecule has 8 heteroatoms. The molecule has 1 atom stereocenters. The molecule has 0 aliphatic rings. The van der Waals surface area contributed by atoms with Gasteiger partial charge in [0.05, 0.1) is 11.2 Å². The van der Waals surface area contributed by atoms with Gasteiger partial charge in [-0.1, -0.05) is 37.3 Å². The number of nitrogens with zero attached hydrogens (tertiary/aromatic N) is 1. The number of aliphatic carboxylic acids is 1. The fourth-order valence-corrected chi connectivity index (χ4v) is 4.18. The number of carbonyl (C=O) groups is 1. The second kappa shape index (κ2) is 6.99. The molecule has 2 rings (SSSR count). The predicted octanol–water partition coefficient (Wildman–Crippen LogP) is 1.68. The molecule has 0 radical (unpaired) electrons. The highest BCUT2D eigenvalue weighted by molar-refractivity contribution is 7.91. The molecule has 0 fully saturated rings. The minimum atomic E-state index is -3.89. The first kappa shape index (κ1) is 16.6. The number of benzene rings is 1. The smallest absolute Gasteiger partial charge is 0.322 e. The molecule has 0 aliphatic heterocycles. The van der Waals surface area contributed by atoms with Crippen LogP contribution in [0.15, 0.2) is 40.7 Å². The monoisotopic (exact) mass is 340 g/mol. The third-order valence-electron chi connectivity index (χ3n) is 2.98. The summed E-state index contributed by atoms with van der Waals surface area (Å²) < 4.78 is 26.8. The summed E-state index contributed by atoms with van der Waals surface area (Å²) in [7, 11) is -3.89. The molecule has 22 heavy (non-hydrogen) atoms. The second-order valence-electron chi connectivity index (χ2n) is 4.63. The van der Waals surface area contributed by atoms with E-state index in [2.05, 4.69) is 9.71 Å². The Morgan fingerprint density at radius 2 is 2.05 bits per heavy atom. The van der Waals surface area contributed by atoms with Crippen LogP contribution in [0.25, 0.3) is 0 Å². The number of carboxylic acid groups (broad SMARTS) is 1. The van der Waals surface area contributed by atoms with E-state index in [0.717, 1.165) is 16.9 Å². The van der Waals surface area contributed by atoms with Crippen molar-refractivity contribution in [2.75, 3.05) is 0 Å².